The van der Waals surface area contributed by atoms with E-state index in [-0.39, 0.29) is 18.7 Å². The van der Waals surface area contributed by atoms with E-state index in [0.717, 1.165) is 6.42 Å². The highest BCUT2D eigenvalue weighted by atomic mass is 35.5. The van der Waals surface area contributed by atoms with Crippen molar-refractivity contribution in [2.24, 2.45) is 5.73 Å². The first-order valence-electron chi connectivity index (χ1n) is 9.90. The minimum Gasteiger partial charge on any atom is -0.365 e. The van der Waals surface area contributed by atoms with Crippen LogP contribution < -0.4 is 11.1 Å². The molecule has 11 heteroatoms. The van der Waals surface area contributed by atoms with Crippen LogP contribution in [0.25, 0.3) is 11.3 Å². The zero-order valence-corrected chi connectivity index (χ0v) is 17.4. The van der Waals surface area contributed by atoms with E-state index in [1.165, 1.54) is 4.90 Å². The number of aromatic nitrogens is 2. The summed E-state index contributed by atoms with van der Waals surface area (Å²) in [5.74, 6) is -0.653. The molecule has 166 valence electrons. The van der Waals surface area contributed by atoms with Gasteiger partial charge < -0.3 is 20.7 Å². The number of hydrogen-bond acceptors (Lipinski definition) is 4. The summed E-state index contributed by atoms with van der Waals surface area (Å²) in [4.78, 5) is 26.6. The molecule has 1 aromatic carbocycles. The lowest BCUT2D eigenvalue weighted by atomic mass is 9.77. The minimum absolute atomic E-state index is 0.115. The molecule has 0 spiro atoms. The molecule has 3 N–H and O–H groups in total. The number of urea groups is 1. The maximum absolute atomic E-state index is 12.9. The van der Waals surface area contributed by atoms with Crippen LogP contribution in [-0.4, -0.2) is 51.9 Å². The Labute approximate surface area is 182 Å². The van der Waals surface area contributed by atoms with Crippen LogP contribution in [0, 0.1) is 0 Å². The zero-order valence-electron chi connectivity index (χ0n) is 16.6. The molecule has 1 aliphatic heterocycles. The maximum atomic E-state index is 12.9. The number of nitrogens with one attached hydrogen (secondary N) is 1. The van der Waals surface area contributed by atoms with Crippen LogP contribution in [0.4, 0.5) is 13.6 Å². The van der Waals surface area contributed by atoms with Gasteiger partial charge in [0.05, 0.1) is 36.5 Å². The van der Waals surface area contributed by atoms with Crippen molar-refractivity contribution >= 4 is 23.5 Å². The molecule has 0 saturated heterocycles. The van der Waals surface area contributed by atoms with Crippen LogP contribution in [0.15, 0.2) is 24.3 Å². The third-order valence-electron chi connectivity index (χ3n) is 5.78. The summed E-state index contributed by atoms with van der Waals surface area (Å²) >= 11 is 6.07. The number of primary amides is 1. The van der Waals surface area contributed by atoms with Gasteiger partial charge in [-0.2, -0.15) is 13.9 Å². The molecule has 2 heterocycles. The van der Waals surface area contributed by atoms with Crippen molar-refractivity contribution in [3.63, 3.8) is 0 Å². The summed E-state index contributed by atoms with van der Waals surface area (Å²) in [7, 11) is 0. The first kappa shape index (κ1) is 21.5. The number of nitrogens with two attached hydrogens (primary N) is 1. The van der Waals surface area contributed by atoms with Gasteiger partial charge in [-0.1, -0.05) is 23.7 Å². The SMILES string of the molecule is NC(=O)c1c(-c2cccc(Cl)c2)nn2c1CN(C(=O)NC1(COC(F)F)CCC1)CC2. The second-order valence-electron chi connectivity index (χ2n) is 7.83. The Morgan fingerprint density at radius 1 is 1.32 bits per heavy atom. The lowest BCUT2D eigenvalue weighted by molar-refractivity contribution is -0.150. The first-order valence-corrected chi connectivity index (χ1v) is 10.3. The molecule has 0 radical (unpaired) electrons. The third-order valence-corrected chi connectivity index (χ3v) is 6.02. The number of carbonyl (C=O) groups is 2. The topological polar surface area (TPSA) is 102 Å². The first-order chi connectivity index (χ1) is 14.8. The van der Waals surface area contributed by atoms with Crippen LogP contribution >= 0.6 is 11.6 Å². The van der Waals surface area contributed by atoms with Gasteiger partial charge in [0.25, 0.3) is 5.91 Å². The summed E-state index contributed by atoms with van der Waals surface area (Å²) in [6.07, 6.45) is 1.97. The Bertz CT molecular complexity index is 1010. The molecule has 31 heavy (non-hydrogen) atoms. The van der Waals surface area contributed by atoms with E-state index in [4.69, 9.17) is 17.3 Å². The molecule has 2 aromatic rings. The smallest absolute Gasteiger partial charge is 0.345 e. The Balaban J connectivity index is 1.55. The second kappa shape index (κ2) is 8.43. The molecular weight excluding hydrogens is 432 g/mol. The number of benzene rings is 1. The Morgan fingerprint density at radius 2 is 2.10 bits per heavy atom. The van der Waals surface area contributed by atoms with Crippen LogP contribution in [0.5, 0.6) is 0 Å². The van der Waals surface area contributed by atoms with Gasteiger partial charge in [0.1, 0.15) is 5.69 Å². The number of alkyl halides is 2. The van der Waals surface area contributed by atoms with Crippen molar-refractivity contribution in [2.45, 2.75) is 44.5 Å². The highest BCUT2D eigenvalue weighted by Crippen LogP contribution is 2.34. The fourth-order valence-corrected chi connectivity index (χ4v) is 4.22. The Morgan fingerprint density at radius 3 is 2.71 bits per heavy atom. The third kappa shape index (κ3) is 4.35. The van der Waals surface area contributed by atoms with E-state index >= 15 is 0 Å². The number of ether oxygens (including phenoxy) is 1. The number of halogens is 3. The number of carbonyl (C=O) groups excluding carboxylic acids is 2. The predicted molar refractivity (Wildman–Crippen MR) is 109 cm³/mol. The average Bonchev–Trinajstić information content (AvgIpc) is 3.08. The summed E-state index contributed by atoms with van der Waals surface area (Å²) < 4.78 is 31.0. The molecule has 8 nitrogen and oxygen atoms in total. The normalized spacial score (nSPS) is 17.2. The summed E-state index contributed by atoms with van der Waals surface area (Å²) in [5, 5.41) is 7.87. The van der Waals surface area contributed by atoms with Gasteiger partial charge in [-0.05, 0) is 31.4 Å². The van der Waals surface area contributed by atoms with E-state index in [1.807, 2.05) is 0 Å². The standard InChI is InChI=1S/C20H22ClF2N5O3/c21-13-4-1-3-12(9-13)16-15(17(24)29)14-10-27(7-8-28(14)26-16)19(30)25-20(5-2-6-20)11-31-18(22)23/h1,3-4,9,18H,2,5-8,10-11H2,(H2,24,29)(H,25,30). The van der Waals surface area contributed by atoms with Crippen molar-refractivity contribution in [1.29, 1.82) is 0 Å². The number of nitrogens with zero attached hydrogens (tertiary/aromatic N) is 3. The molecule has 0 atom stereocenters. The lowest BCUT2D eigenvalue weighted by Gasteiger charge is -2.43. The molecule has 2 aliphatic rings. The minimum atomic E-state index is -2.89. The molecule has 1 saturated carbocycles. The van der Waals surface area contributed by atoms with Gasteiger partial charge in [-0.25, -0.2) is 4.79 Å². The average molecular weight is 454 g/mol. The molecule has 1 aliphatic carbocycles. The van der Waals surface area contributed by atoms with Crippen LogP contribution in [-0.2, 0) is 17.8 Å². The molecule has 0 unspecified atom stereocenters. The van der Waals surface area contributed by atoms with Gasteiger partial charge in [0, 0.05) is 17.1 Å². The lowest BCUT2D eigenvalue weighted by Crippen LogP contribution is -2.60. The number of hydrogen-bond donors (Lipinski definition) is 2. The van der Waals surface area contributed by atoms with Gasteiger partial charge in [-0.15, -0.1) is 0 Å². The fourth-order valence-electron chi connectivity index (χ4n) is 4.03. The van der Waals surface area contributed by atoms with Gasteiger partial charge >= 0.3 is 12.6 Å². The van der Waals surface area contributed by atoms with Crippen LogP contribution in [0.3, 0.4) is 0 Å². The second-order valence-corrected chi connectivity index (χ2v) is 8.26. The van der Waals surface area contributed by atoms with Crippen molar-refractivity contribution in [3.8, 4) is 11.3 Å². The van der Waals surface area contributed by atoms with Gasteiger partial charge in [-0.3, -0.25) is 9.48 Å². The van der Waals surface area contributed by atoms with Gasteiger partial charge in [0.15, 0.2) is 0 Å². The molecule has 3 amide bonds. The fraction of sp³-hybridized carbons (Fsp3) is 0.450. The van der Waals surface area contributed by atoms with Crippen molar-refractivity contribution in [1.82, 2.24) is 20.0 Å². The van der Waals surface area contributed by atoms with E-state index in [1.54, 1.807) is 28.9 Å². The predicted octanol–water partition coefficient (Wildman–Crippen LogP) is 2.99. The summed E-state index contributed by atoms with van der Waals surface area (Å²) in [6, 6.07) is 6.53. The number of rotatable bonds is 6. The van der Waals surface area contributed by atoms with E-state index < -0.39 is 24.1 Å². The molecule has 1 aromatic heterocycles. The van der Waals surface area contributed by atoms with Crippen molar-refractivity contribution in [3.05, 3.63) is 40.5 Å². The molecule has 4 rings (SSSR count). The van der Waals surface area contributed by atoms with E-state index in [9.17, 15) is 18.4 Å². The van der Waals surface area contributed by atoms with E-state index in [2.05, 4.69) is 15.2 Å². The quantitative estimate of drug-likeness (QED) is 0.701. The van der Waals surface area contributed by atoms with Crippen LogP contribution in [0.1, 0.15) is 35.3 Å². The van der Waals surface area contributed by atoms with E-state index in [0.29, 0.717) is 47.9 Å². The van der Waals surface area contributed by atoms with Crippen molar-refractivity contribution < 1.29 is 23.1 Å². The zero-order chi connectivity index (χ0) is 22.2. The highest BCUT2D eigenvalue weighted by Gasteiger charge is 2.41. The molecular formula is C20H22ClF2N5O3. The van der Waals surface area contributed by atoms with Crippen molar-refractivity contribution in [2.75, 3.05) is 13.2 Å². The maximum Gasteiger partial charge on any atom is 0.345 e. The Hall–Kier alpha value is -2.72. The largest absolute Gasteiger partial charge is 0.365 e. The number of fused-ring (bicyclic) bond motifs is 1. The summed E-state index contributed by atoms with van der Waals surface area (Å²) in [6.45, 7) is -2.30. The highest BCUT2D eigenvalue weighted by molar-refractivity contribution is 6.30. The monoisotopic (exact) mass is 453 g/mol. The Kier molecular flexibility index (Phi) is 5.85. The van der Waals surface area contributed by atoms with Gasteiger partial charge in [0.2, 0.25) is 0 Å². The summed E-state index contributed by atoms with van der Waals surface area (Å²) in [5.41, 5.74) is 6.68. The molecule has 1 fully saturated rings. The number of amides is 3. The molecule has 0 bridgehead atoms. The van der Waals surface area contributed by atoms with Crippen LogP contribution in [0.2, 0.25) is 5.02 Å².